The molecule has 0 aliphatic heterocycles. The highest BCUT2D eigenvalue weighted by atomic mass is 19.4. The fourth-order valence-electron chi connectivity index (χ4n) is 2.88. The molecule has 1 heterocycles. The molecule has 1 aromatic heterocycles. The summed E-state index contributed by atoms with van der Waals surface area (Å²) in [6.45, 7) is 3.86. The maximum atomic E-state index is 12.8. The zero-order valence-electron chi connectivity index (χ0n) is 12.4. The predicted octanol–water partition coefficient (Wildman–Crippen LogP) is 3.88. The first-order valence-corrected chi connectivity index (χ1v) is 7.49. The summed E-state index contributed by atoms with van der Waals surface area (Å²) in [4.78, 5) is 4.29. The molecule has 0 amide bonds. The van der Waals surface area contributed by atoms with Crippen LogP contribution in [0, 0.1) is 5.92 Å². The minimum Gasteiger partial charge on any atom is -0.339 e. The summed E-state index contributed by atoms with van der Waals surface area (Å²) in [6, 6.07) is 0. The van der Waals surface area contributed by atoms with Crippen LogP contribution in [0.4, 0.5) is 13.2 Å². The van der Waals surface area contributed by atoms with Gasteiger partial charge in [0.25, 0.3) is 0 Å². The third-order valence-corrected chi connectivity index (χ3v) is 4.64. The Kier molecular flexibility index (Phi) is 4.60. The van der Waals surface area contributed by atoms with Crippen LogP contribution in [0.2, 0.25) is 0 Å². The molecular formula is C14H22F3N3O. The van der Waals surface area contributed by atoms with Crippen LogP contribution in [-0.2, 0) is 5.54 Å². The van der Waals surface area contributed by atoms with Crippen molar-refractivity contribution < 1.29 is 17.7 Å². The van der Waals surface area contributed by atoms with E-state index < -0.39 is 17.6 Å². The first-order chi connectivity index (χ1) is 9.80. The molecule has 2 rings (SSSR count). The van der Waals surface area contributed by atoms with Crippen molar-refractivity contribution in [2.75, 3.05) is 0 Å². The Hall–Kier alpha value is -1.11. The van der Waals surface area contributed by atoms with Crippen molar-refractivity contribution in [1.29, 1.82) is 0 Å². The molecule has 2 atom stereocenters. The van der Waals surface area contributed by atoms with Crippen LogP contribution >= 0.6 is 0 Å². The van der Waals surface area contributed by atoms with Gasteiger partial charge in [-0.3, -0.25) is 0 Å². The van der Waals surface area contributed by atoms with Gasteiger partial charge in [-0.25, -0.2) is 0 Å². The Labute approximate surface area is 122 Å². The topological polar surface area (TPSA) is 64.9 Å². The number of rotatable bonds is 4. The van der Waals surface area contributed by atoms with Crippen molar-refractivity contribution >= 4 is 0 Å². The van der Waals surface area contributed by atoms with E-state index in [1.807, 2.05) is 13.8 Å². The van der Waals surface area contributed by atoms with Gasteiger partial charge in [0.1, 0.15) is 0 Å². The number of hydrogen-bond acceptors (Lipinski definition) is 4. The van der Waals surface area contributed by atoms with Gasteiger partial charge in [0.05, 0.1) is 11.5 Å². The summed E-state index contributed by atoms with van der Waals surface area (Å²) in [5.41, 5.74) is 5.53. The number of halogens is 3. The molecule has 2 N–H and O–H groups in total. The number of nitrogens with zero attached hydrogens (tertiary/aromatic N) is 2. The summed E-state index contributed by atoms with van der Waals surface area (Å²) in [7, 11) is 0. The van der Waals surface area contributed by atoms with Gasteiger partial charge >= 0.3 is 6.18 Å². The summed E-state index contributed by atoms with van der Waals surface area (Å²) in [6.07, 6.45) is -1.44. The van der Waals surface area contributed by atoms with Crippen LogP contribution in [0.15, 0.2) is 4.52 Å². The smallest absolute Gasteiger partial charge is 0.339 e. The van der Waals surface area contributed by atoms with E-state index in [-0.39, 0.29) is 18.8 Å². The molecule has 1 fully saturated rings. The average Bonchev–Trinajstić information content (AvgIpc) is 2.96. The van der Waals surface area contributed by atoms with Gasteiger partial charge in [-0.1, -0.05) is 25.4 Å². The number of alkyl halides is 3. The van der Waals surface area contributed by atoms with Crippen LogP contribution in [-0.4, -0.2) is 16.3 Å². The monoisotopic (exact) mass is 305 g/mol. The zero-order chi connectivity index (χ0) is 15.7. The molecule has 4 nitrogen and oxygen atoms in total. The summed E-state index contributed by atoms with van der Waals surface area (Å²) < 4.78 is 43.7. The van der Waals surface area contributed by atoms with Crippen molar-refractivity contribution in [2.24, 2.45) is 11.7 Å². The molecular weight excluding hydrogens is 283 g/mol. The lowest BCUT2D eigenvalue weighted by Crippen LogP contribution is -2.36. The normalized spacial score (nSPS) is 24.3. The highest BCUT2D eigenvalue weighted by Crippen LogP contribution is 2.43. The molecule has 0 spiro atoms. The molecule has 1 aliphatic carbocycles. The first-order valence-electron chi connectivity index (χ1n) is 7.49. The van der Waals surface area contributed by atoms with Gasteiger partial charge in [0.15, 0.2) is 5.82 Å². The van der Waals surface area contributed by atoms with E-state index in [2.05, 4.69) is 10.1 Å². The molecule has 7 heteroatoms. The van der Waals surface area contributed by atoms with E-state index in [4.69, 9.17) is 10.3 Å². The van der Waals surface area contributed by atoms with E-state index in [9.17, 15) is 13.2 Å². The molecule has 0 radical (unpaired) electrons. The number of nitrogens with two attached hydrogens (primary N) is 1. The quantitative estimate of drug-likeness (QED) is 0.916. The van der Waals surface area contributed by atoms with Crippen LogP contribution < -0.4 is 5.73 Å². The van der Waals surface area contributed by atoms with Gasteiger partial charge in [0.2, 0.25) is 5.89 Å². The zero-order valence-corrected chi connectivity index (χ0v) is 12.4. The Balaban J connectivity index is 2.14. The van der Waals surface area contributed by atoms with E-state index in [1.54, 1.807) is 0 Å². The predicted molar refractivity (Wildman–Crippen MR) is 71.5 cm³/mol. The molecule has 1 saturated carbocycles. The van der Waals surface area contributed by atoms with Gasteiger partial charge in [-0.15, -0.1) is 0 Å². The highest BCUT2D eigenvalue weighted by molar-refractivity contribution is 5.06. The van der Waals surface area contributed by atoms with Crippen LogP contribution in [0.5, 0.6) is 0 Å². The SMILES string of the molecule is CCC(N)(CC)c1noc(C2CCCC(C(F)(F)F)C2)n1. The molecule has 1 aromatic rings. The lowest BCUT2D eigenvalue weighted by molar-refractivity contribution is -0.183. The largest absolute Gasteiger partial charge is 0.391 e. The highest BCUT2D eigenvalue weighted by Gasteiger charge is 2.43. The minimum absolute atomic E-state index is 0.0287. The second-order valence-corrected chi connectivity index (χ2v) is 5.92. The molecule has 0 saturated heterocycles. The van der Waals surface area contributed by atoms with E-state index >= 15 is 0 Å². The molecule has 120 valence electrons. The Morgan fingerprint density at radius 1 is 1.24 bits per heavy atom. The van der Waals surface area contributed by atoms with Gasteiger partial charge in [-0.2, -0.15) is 18.2 Å². The molecule has 2 unspecified atom stereocenters. The van der Waals surface area contributed by atoms with Gasteiger partial charge in [0, 0.05) is 5.92 Å². The maximum absolute atomic E-state index is 12.8. The third kappa shape index (κ3) is 3.39. The second kappa shape index (κ2) is 5.94. The van der Waals surface area contributed by atoms with E-state index in [1.165, 1.54) is 0 Å². The Morgan fingerprint density at radius 3 is 2.48 bits per heavy atom. The van der Waals surface area contributed by atoms with Crippen LogP contribution in [0.25, 0.3) is 0 Å². The summed E-state index contributed by atoms with van der Waals surface area (Å²) in [5.74, 6) is -0.886. The van der Waals surface area contributed by atoms with E-state index in [0.717, 1.165) is 0 Å². The third-order valence-electron chi connectivity index (χ3n) is 4.64. The molecule has 0 bridgehead atoms. The lowest BCUT2D eigenvalue weighted by Gasteiger charge is -2.28. The van der Waals surface area contributed by atoms with Crippen molar-refractivity contribution in [3.05, 3.63) is 11.7 Å². The maximum Gasteiger partial charge on any atom is 0.391 e. The lowest BCUT2D eigenvalue weighted by atomic mass is 9.81. The second-order valence-electron chi connectivity index (χ2n) is 5.92. The van der Waals surface area contributed by atoms with Gasteiger partial charge in [-0.05, 0) is 32.1 Å². The van der Waals surface area contributed by atoms with Crippen molar-refractivity contribution in [3.63, 3.8) is 0 Å². The van der Waals surface area contributed by atoms with E-state index in [0.29, 0.717) is 37.4 Å². The fraction of sp³-hybridized carbons (Fsp3) is 0.857. The van der Waals surface area contributed by atoms with Gasteiger partial charge < -0.3 is 10.3 Å². The Morgan fingerprint density at radius 2 is 1.90 bits per heavy atom. The summed E-state index contributed by atoms with van der Waals surface area (Å²) in [5, 5.41) is 3.90. The molecule has 0 aromatic carbocycles. The summed E-state index contributed by atoms with van der Waals surface area (Å²) >= 11 is 0. The number of hydrogen-bond donors (Lipinski definition) is 1. The van der Waals surface area contributed by atoms with Crippen molar-refractivity contribution in [2.45, 2.75) is 70.0 Å². The average molecular weight is 305 g/mol. The van der Waals surface area contributed by atoms with Crippen molar-refractivity contribution in [1.82, 2.24) is 10.1 Å². The Bertz CT molecular complexity index is 468. The van der Waals surface area contributed by atoms with Crippen LogP contribution in [0.3, 0.4) is 0 Å². The first kappa shape index (κ1) is 16.3. The molecule has 1 aliphatic rings. The van der Waals surface area contributed by atoms with Crippen molar-refractivity contribution in [3.8, 4) is 0 Å². The fourth-order valence-corrected chi connectivity index (χ4v) is 2.88. The molecule has 21 heavy (non-hydrogen) atoms. The minimum atomic E-state index is -4.15. The van der Waals surface area contributed by atoms with Crippen LogP contribution in [0.1, 0.15) is 70.0 Å². The standard InChI is InChI=1S/C14H22F3N3O/c1-3-13(18,4-2)12-19-11(21-20-12)9-6-5-7-10(8-9)14(15,16)17/h9-10H,3-8,18H2,1-2H3. The number of aromatic nitrogens is 2.